The molecule has 0 amide bonds. The normalized spacial score (nSPS) is 12.1. The van der Waals surface area contributed by atoms with E-state index in [2.05, 4.69) is 0 Å². The zero-order valence-electron chi connectivity index (χ0n) is 11.9. The molecule has 1 atom stereocenters. The van der Waals surface area contributed by atoms with Gasteiger partial charge in [0.1, 0.15) is 11.6 Å². The van der Waals surface area contributed by atoms with E-state index in [1.165, 1.54) is 32.4 Å². The highest BCUT2D eigenvalue weighted by Gasteiger charge is 2.21. The van der Waals surface area contributed by atoms with Gasteiger partial charge in [0, 0.05) is 17.2 Å². The molecule has 0 fully saturated rings. The fourth-order valence-corrected chi connectivity index (χ4v) is 2.42. The lowest BCUT2D eigenvalue weighted by atomic mass is 10.0. The number of aryl methyl sites for hydroxylation is 1. The first-order chi connectivity index (χ1) is 9.97. The van der Waals surface area contributed by atoms with E-state index in [1.54, 1.807) is 12.1 Å². The lowest BCUT2D eigenvalue weighted by Crippen LogP contribution is -2.02. The van der Waals surface area contributed by atoms with Crippen molar-refractivity contribution in [1.29, 1.82) is 0 Å². The van der Waals surface area contributed by atoms with Gasteiger partial charge in [0.25, 0.3) is 0 Å². The van der Waals surface area contributed by atoms with Crippen molar-refractivity contribution in [1.82, 2.24) is 0 Å². The molecule has 21 heavy (non-hydrogen) atoms. The van der Waals surface area contributed by atoms with Crippen LogP contribution < -0.4 is 9.47 Å². The molecular weight excluding hydrogens is 298 g/mol. The smallest absolute Gasteiger partial charge is 0.163 e. The minimum absolute atomic E-state index is 0.138. The average molecular weight is 313 g/mol. The van der Waals surface area contributed by atoms with Crippen LogP contribution in [0.25, 0.3) is 0 Å². The SMILES string of the molecule is COc1cc(F)c(C(Cl)c2cc(C)ccc2F)cc1OC. The van der Waals surface area contributed by atoms with Gasteiger partial charge in [-0.2, -0.15) is 0 Å². The fraction of sp³-hybridized carbons (Fsp3) is 0.250. The molecule has 5 heteroatoms. The Morgan fingerprint density at radius 2 is 1.48 bits per heavy atom. The van der Waals surface area contributed by atoms with E-state index in [1.807, 2.05) is 6.92 Å². The molecule has 0 aliphatic heterocycles. The van der Waals surface area contributed by atoms with Crippen LogP contribution in [0.15, 0.2) is 30.3 Å². The molecule has 0 aliphatic rings. The third kappa shape index (κ3) is 3.10. The lowest BCUT2D eigenvalue weighted by molar-refractivity contribution is 0.351. The standard InChI is InChI=1S/C16H15ClF2O2/c1-9-4-5-12(18)10(6-9)16(17)11-7-14(20-2)15(21-3)8-13(11)19/h4-8,16H,1-3H3. The summed E-state index contributed by atoms with van der Waals surface area (Å²) >= 11 is 6.26. The van der Waals surface area contributed by atoms with Crippen LogP contribution in [0, 0.1) is 18.6 Å². The summed E-state index contributed by atoms with van der Waals surface area (Å²) in [4.78, 5) is 0. The molecule has 2 rings (SSSR count). The number of methoxy groups -OCH3 is 2. The molecule has 0 heterocycles. The Morgan fingerprint density at radius 1 is 0.905 bits per heavy atom. The highest BCUT2D eigenvalue weighted by molar-refractivity contribution is 6.22. The Bertz CT molecular complexity index is 659. The molecule has 0 aromatic heterocycles. The summed E-state index contributed by atoms with van der Waals surface area (Å²) in [6.45, 7) is 1.82. The van der Waals surface area contributed by atoms with Crippen LogP contribution in [-0.2, 0) is 0 Å². The maximum Gasteiger partial charge on any atom is 0.163 e. The second-order valence-electron chi connectivity index (χ2n) is 4.62. The molecule has 2 nitrogen and oxygen atoms in total. The number of halogens is 3. The van der Waals surface area contributed by atoms with Crippen molar-refractivity contribution in [3.63, 3.8) is 0 Å². The van der Waals surface area contributed by atoms with Gasteiger partial charge in [-0.1, -0.05) is 17.7 Å². The van der Waals surface area contributed by atoms with Crippen LogP contribution in [-0.4, -0.2) is 14.2 Å². The Hall–Kier alpha value is -1.81. The highest BCUT2D eigenvalue weighted by atomic mass is 35.5. The van der Waals surface area contributed by atoms with Gasteiger partial charge in [0.2, 0.25) is 0 Å². The minimum atomic E-state index is -0.954. The second-order valence-corrected chi connectivity index (χ2v) is 5.05. The number of hydrogen-bond donors (Lipinski definition) is 0. The van der Waals surface area contributed by atoms with Gasteiger partial charge in [-0.25, -0.2) is 8.78 Å². The molecule has 0 N–H and O–H groups in total. The van der Waals surface area contributed by atoms with Crippen LogP contribution in [0.4, 0.5) is 8.78 Å². The summed E-state index contributed by atoms with van der Waals surface area (Å²) in [6, 6.07) is 7.15. The third-order valence-electron chi connectivity index (χ3n) is 3.20. The predicted molar refractivity (Wildman–Crippen MR) is 78.3 cm³/mol. The zero-order valence-corrected chi connectivity index (χ0v) is 12.7. The van der Waals surface area contributed by atoms with E-state index in [0.29, 0.717) is 5.75 Å². The summed E-state index contributed by atoms with van der Waals surface area (Å²) in [5, 5.41) is -0.954. The number of ether oxygens (including phenoxy) is 2. The first kappa shape index (κ1) is 15.6. The van der Waals surface area contributed by atoms with E-state index in [-0.39, 0.29) is 16.9 Å². The van der Waals surface area contributed by atoms with E-state index in [9.17, 15) is 8.78 Å². The summed E-state index contributed by atoms with van der Waals surface area (Å²) in [5.74, 6) is -0.455. The molecule has 0 aliphatic carbocycles. The molecule has 2 aromatic rings. The van der Waals surface area contributed by atoms with E-state index in [0.717, 1.165) is 5.56 Å². The van der Waals surface area contributed by atoms with Gasteiger partial charge in [-0.3, -0.25) is 0 Å². The zero-order chi connectivity index (χ0) is 15.6. The first-order valence-corrected chi connectivity index (χ1v) is 6.73. The van der Waals surface area contributed by atoms with Crippen LogP contribution in [0.2, 0.25) is 0 Å². The quantitative estimate of drug-likeness (QED) is 0.767. The van der Waals surface area contributed by atoms with Crippen molar-refractivity contribution >= 4 is 11.6 Å². The molecular formula is C16H15ClF2O2. The fourth-order valence-electron chi connectivity index (χ4n) is 2.09. The van der Waals surface area contributed by atoms with Crippen LogP contribution in [0.3, 0.4) is 0 Å². The van der Waals surface area contributed by atoms with E-state index < -0.39 is 17.0 Å². The molecule has 0 saturated heterocycles. The van der Waals surface area contributed by atoms with Gasteiger partial charge in [-0.05, 0) is 19.1 Å². The van der Waals surface area contributed by atoms with Crippen molar-refractivity contribution in [2.75, 3.05) is 14.2 Å². The van der Waals surface area contributed by atoms with Gasteiger partial charge < -0.3 is 9.47 Å². The van der Waals surface area contributed by atoms with Crippen LogP contribution in [0.5, 0.6) is 11.5 Å². The monoisotopic (exact) mass is 312 g/mol. The van der Waals surface area contributed by atoms with Gasteiger partial charge in [0.15, 0.2) is 11.5 Å². The topological polar surface area (TPSA) is 18.5 Å². The van der Waals surface area contributed by atoms with Crippen molar-refractivity contribution in [3.8, 4) is 11.5 Å². The van der Waals surface area contributed by atoms with Gasteiger partial charge >= 0.3 is 0 Å². The molecule has 0 bridgehead atoms. The summed E-state index contributed by atoms with van der Waals surface area (Å²) < 4.78 is 38.2. The van der Waals surface area contributed by atoms with E-state index >= 15 is 0 Å². The second kappa shape index (κ2) is 6.31. The van der Waals surface area contributed by atoms with E-state index in [4.69, 9.17) is 21.1 Å². The van der Waals surface area contributed by atoms with Crippen molar-refractivity contribution in [2.24, 2.45) is 0 Å². The van der Waals surface area contributed by atoms with Crippen molar-refractivity contribution in [2.45, 2.75) is 12.3 Å². The average Bonchev–Trinajstić information content (AvgIpc) is 2.48. The lowest BCUT2D eigenvalue weighted by Gasteiger charge is -2.16. The minimum Gasteiger partial charge on any atom is -0.493 e. The number of benzene rings is 2. The predicted octanol–water partition coefficient (Wildman–Crippen LogP) is 4.62. The summed E-state index contributed by atoms with van der Waals surface area (Å²) in [6.07, 6.45) is 0. The molecule has 0 radical (unpaired) electrons. The number of hydrogen-bond acceptors (Lipinski definition) is 2. The third-order valence-corrected chi connectivity index (χ3v) is 3.67. The Morgan fingerprint density at radius 3 is 2.10 bits per heavy atom. The maximum absolute atomic E-state index is 14.2. The van der Waals surface area contributed by atoms with Crippen LogP contribution >= 0.6 is 11.6 Å². The Kier molecular flexibility index (Phi) is 4.68. The Labute approximate surface area is 127 Å². The molecule has 0 saturated carbocycles. The number of rotatable bonds is 4. The van der Waals surface area contributed by atoms with Gasteiger partial charge in [0.05, 0.1) is 19.6 Å². The van der Waals surface area contributed by atoms with Crippen molar-refractivity contribution in [3.05, 3.63) is 58.7 Å². The largest absolute Gasteiger partial charge is 0.493 e. The Balaban J connectivity index is 2.52. The molecule has 2 aromatic carbocycles. The summed E-state index contributed by atoms with van der Waals surface area (Å²) in [7, 11) is 2.85. The molecule has 112 valence electrons. The number of alkyl halides is 1. The van der Waals surface area contributed by atoms with Crippen molar-refractivity contribution < 1.29 is 18.3 Å². The first-order valence-electron chi connectivity index (χ1n) is 6.29. The van der Waals surface area contributed by atoms with Crippen LogP contribution in [0.1, 0.15) is 22.1 Å². The maximum atomic E-state index is 14.2. The summed E-state index contributed by atoms with van der Waals surface area (Å²) in [5.41, 5.74) is 1.21. The molecule has 1 unspecified atom stereocenters. The molecule has 0 spiro atoms. The highest BCUT2D eigenvalue weighted by Crippen LogP contribution is 2.38. The van der Waals surface area contributed by atoms with Gasteiger partial charge in [-0.15, -0.1) is 11.6 Å².